The number of hydrogen-bond donors (Lipinski definition) is 1. The fourth-order valence-electron chi connectivity index (χ4n) is 1.94. The first-order valence-corrected chi connectivity index (χ1v) is 5.97. The van der Waals surface area contributed by atoms with Gasteiger partial charge in [-0.1, -0.05) is 0 Å². The van der Waals surface area contributed by atoms with Gasteiger partial charge in [0, 0.05) is 13.1 Å². The number of hydrogen-bond acceptors (Lipinski definition) is 3. The van der Waals surface area contributed by atoms with Gasteiger partial charge in [-0.25, -0.2) is 0 Å². The van der Waals surface area contributed by atoms with Crippen LogP contribution in [0.2, 0.25) is 0 Å². The van der Waals surface area contributed by atoms with E-state index in [0.717, 1.165) is 25.9 Å². The molecule has 94 valence electrons. The number of ether oxygens (including phenoxy) is 1. The summed E-state index contributed by atoms with van der Waals surface area (Å²) in [6.07, 6.45) is 1.79. The van der Waals surface area contributed by atoms with E-state index in [0.29, 0.717) is 13.2 Å². The average molecular weight is 229 g/mol. The molecular weight excluding hydrogens is 206 g/mol. The summed E-state index contributed by atoms with van der Waals surface area (Å²) in [7, 11) is 0. The van der Waals surface area contributed by atoms with Gasteiger partial charge in [0.05, 0.1) is 18.1 Å². The van der Waals surface area contributed by atoms with Gasteiger partial charge in [-0.3, -0.25) is 4.79 Å². The lowest BCUT2D eigenvalue weighted by Gasteiger charge is -2.31. The summed E-state index contributed by atoms with van der Waals surface area (Å²) in [6, 6.07) is 0. The van der Waals surface area contributed by atoms with Gasteiger partial charge in [-0.05, 0) is 40.2 Å². The summed E-state index contributed by atoms with van der Waals surface area (Å²) in [5, 5.41) is 8.95. The molecule has 1 aliphatic rings. The van der Waals surface area contributed by atoms with Crippen molar-refractivity contribution in [3.8, 4) is 0 Å². The Morgan fingerprint density at radius 1 is 1.50 bits per heavy atom. The van der Waals surface area contributed by atoms with Crippen molar-refractivity contribution < 1.29 is 14.6 Å². The van der Waals surface area contributed by atoms with Crippen molar-refractivity contribution in [1.82, 2.24) is 4.90 Å². The molecule has 0 aromatic carbocycles. The molecule has 0 amide bonds. The predicted molar refractivity (Wildman–Crippen MR) is 62.5 cm³/mol. The molecule has 16 heavy (non-hydrogen) atoms. The van der Waals surface area contributed by atoms with E-state index in [-0.39, 0.29) is 11.5 Å². The van der Waals surface area contributed by atoms with Crippen molar-refractivity contribution in [2.75, 3.05) is 26.2 Å². The molecule has 0 spiro atoms. The maximum Gasteiger partial charge on any atom is 0.307 e. The van der Waals surface area contributed by atoms with E-state index in [1.807, 2.05) is 20.8 Å². The molecule has 1 N–H and O–H groups in total. The van der Waals surface area contributed by atoms with Crippen LogP contribution in [0.5, 0.6) is 0 Å². The van der Waals surface area contributed by atoms with Crippen LogP contribution in [0.25, 0.3) is 0 Å². The minimum atomic E-state index is -0.665. The van der Waals surface area contributed by atoms with Gasteiger partial charge >= 0.3 is 5.97 Å². The number of likely N-dealkylation sites (tertiary alicyclic amines) is 1. The zero-order valence-corrected chi connectivity index (χ0v) is 10.5. The van der Waals surface area contributed by atoms with Crippen molar-refractivity contribution in [1.29, 1.82) is 0 Å². The monoisotopic (exact) mass is 229 g/mol. The summed E-state index contributed by atoms with van der Waals surface area (Å²) in [6.45, 7) is 9.27. The third-order valence-electron chi connectivity index (χ3n) is 2.80. The Bertz CT molecular complexity index is 235. The Morgan fingerprint density at radius 3 is 2.75 bits per heavy atom. The van der Waals surface area contributed by atoms with Gasteiger partial charge in [0.15, 0.2) is 0 Å². The van der Waals surface area contributed by atoms with Gasteiger partial charge in [-0.2, -0.15) is 0 Å². The maximum atomic E-state index is 10.9. The standard InChI is InChI=1S/C12H23NO3/c1-12(2,3)16-8-7-13-6-4-5-10(9-13)11(14)15/h10H,4-9H2,1-3H3,(H,14,15). The lowest BCUT2D eigenvalue weighted by atomic mass is 9.98. The van der Waals surface area contributed by atoms with E-state index >= 15 is 0 Å². The Kier molecular flexibility index (Phi) is 4.74. The van der Waals surface area contributed by atoms with Crippen molar-refractivity contribution in [2.45, 2.75) is 39.2 Å². The van der Waals surface area contributed by atoms with Gasteiger partial charge in [0.2, 0.25) is 0 Å². The van der Waals surface area contributed by atoms with E-state index in [9.17, 15) is 4.79 Å². The first-order valence-electron chi connectivity index (χ1n) is 5.97. The molecular formula is C12H23NO3. The van der Waals surface area contributed by atoms with E-state index in [1.54, 1.807) is 0 Å². The number of aliphatic carboxylic acids is 1. The molecule has 0 aromatic rings. The Hall–Kier alpha value is -0.610. The van der Waals surface area contributed by atoms with Crippen molar-refractivity contribution in [2.24, 2.45) is 5.92 Å². The molecule has 1 heterocycles. The second-order valence-electron chi connectivity index (χ2n) is 5.44. The molecule has 4 heteroatoms. The number of piperidine rings is 1. The van der Waals surface area contributed by atoms with E-state index < -0.39 is 5.97 Å². The predicted octanol–water partition coefficient (Wildman–Crippen LogP) is 1.60. The molecule has 0 aliphatic carbocycles. The first-order chi connectivity index (χ1) is 7.38. The van der Waals surface area contributed by atoms with Crippen LogP contribution >= 0.6 is 0 Å². The lowest BCUT2D eigenvalue weighted by Crippen LogP contribution is -2.41. The molecule has 1 saturated heterocycles. The topological polar surface area (TPSA) is 49.8 Å². The highest BCUT2D eigenvalue weighted by Crippen LogP contribution is 2.16. The van der Waals surface area contributed by atoms with Crippen molar-refractivity contribution in [3.05, 3.63) is 0 Å². The van der Waals surface area contributed by atoms with Crippen LogP contribution in [-0.2, 0) is 9.53 Å². The largest absolute Gasteiger partial charge is 0.481 e. The third kappa shape index (κ3) is 4.94. The quantitative estimate of drug-likeness (QED) is 0.795. The number of carboxylic acids is 1. The number of carboxylic acid groups (broad SMARTS) is 1. The summed E-state index contributed by atoms with van der Waals surface area (Å²) in [5.41, 5.74) is -0.109. The van der Waals surface area contributed by atoms with Crippen LogP contribution in [0.3, 0.4) is 0 Å². The van der Waals surface area contributed by atoms with Crippen LogP contribution in [0.15, 0.2) is 0 Å². The van der Waals surface area contributed by atoms with Gasteiger partial charge in [0.1, 0.15) is 0 Å². The van der Waals surface area contributed by atoms with E-state index in [4.69, 9.17) is 9.84 Å². The average Bonchev–Trinajstić information content (AvgIpc) is 2.16. The molecule has 0 radical (unpaired) electrons. The van der Waals surface area contributed by atoms with Gasteiger partial charge < -0.3 is 14.7 Å². The molecule has 0 aromatic heterocycles. The Morgan fingerprint density at radius 2 is 2.19 bits per heavy atom. The molecule has 1 rings (SSSR count). The Labute approximate surface area is 97.6 Å². The van der Waals surface area contributed by atoms with Crippen molar-refractivity contribution in [3.63, 3.8) is 0 Å². The molecule has 1 fully saturated rings. The van der Waals surface area contributed by atoms with Crippen LogP contribution in [-0.4, -0.2) is 47.8 Å². The number of rotatable bonds is 4. The van der Waals surface area contributed by atoms with Crippen molar-refractivity contribution >= 4 is 5.97 Å². The SMILES string of the molecule is CC(C)(C)OCCN1CCCC(C(=O)O)C1. The highest BCUT2D eigenvalue weighted by Gasteiger charge is 2.25. The second kappa shape index (κ2) is 5.64. The Balaban J connectivity index is 2.24. The molecule has 0 saturated carbocycles. The zero-order chi connectivity index (χ0) is 12.2. The molecule has 4 nitrogen and oxygen atoms in total. The minimum Gasteiger partial charge on any atom is -0.481 e. The number of carbonyl (C=O) groups is 1. The van der Waals surface area contributed by atoms with Crippen LogP contribution in [0, 0.1) is 5.92 Å². The van der Waals surface area contributed by atoms with E-state index in [1.165, 1.54) is 0 Å². The molecule has 1 atom stereocenters. The lowest BCUT2D eigenvalue weighted by molar-refractivity contribution is -0.143. The highest BCUT2D eigenvalue weighted by molar-refractivity contribution is 5.70. The molecule has 0 bridgehead atoms. The summed E-state index contributed by atoms with van der Waals surface area (Å²) >= 11 is 0. The summed E-state index contributed by atoms with van der Waals surface area (Å²) < 4.78 is 5.64. The second-order valence-corrected chi connectivity index (χ2v) is 5.44. The third-order valence-corrected chi connectivity index (χ3v) is 2.80. The first kappa shape index (κ1) is 13.5. The van der Waals surface area contributed by atoms with Crippen LogP contribution in [0.1, 0.15) is 33.6 Å². The van der Waals surface area contributed by atoms with Crippen LogP contribution in [0.4, 0.5) is 0 Å². The number of nitrogens with zero attached hydrogens (tertiary/aromatic N) is 1. The van der Waals surface area contributed by atoms with Crippen LogP contribution < -0.4 is 0 Å². The fourth-order valence-corrected chi connectivity index (χ4v) is 1.94. The molecule has 1 aliphatic heterocycles. The summed E-state index contributed by atoms with van der Waals surface area (Å²) in [4.78, 5) is 13.1. The molecule has 1 unspecified atom stereocenters. The van der Waals surface area contributed by atoms with E-state index in [2.05, 4.69) is 4.90 Å². The highest BCUT2D eigenvalue weighted by atomic mass is 16.5. The fraction of sp³-hybridized carbons (Fsp3) is 0.917. The van der Waals surface area contributed by atoms with Gasteiger partial charge in [-0.15, -0.1) is 0 Å². The smallest absolute Gasteiger partial charge is 0.307 e. The minimum absolute atomic E-state index is 0.109. The zero-order valence-electron chi connectivity index (χ0n) is 10.5. The maximum absolute atomic E-state index is 10.9. The normalized spacial score (nSPS) is 23.3. The summed E-state index contributed by atoms with van der Waals surface area (Å²) in [5.74, 6) is -0.857. The van der Waals surface area contributed by atoms with Gasteiger partial charge in [0.25, 0.3) is 0 Å².